The van der Waals surface area contributed by atoms with Crippen molar-refractivity contribution in [3.8, 4) is 5.75 Å². The second kappa shape index (κ2) is 4.46. The third kappa shape index (κ3) is 2.07. The maximum Gasteiger partial charge on any atom is 0.141 e. The molecule has 2 rings (SSSR count). The molecule has 1 aromatic rings. The quantitative estimate of drug-likeness (QED) is 0.755. The van der Waals surface area contributed by atoms with E-state index in [9.17, 15) is 4.79 Å². The first-order valence-electron chi connectivity index (χ1n) is 5.54. The summed E-state index contributed by atoms with van der Waals surface area (Å²) in [5.41, 5.74) is 2.28. The summed E-state index contributed by atoms with van der Waals surface area (Å²) in [4.78, 5) is 10.5. The number of ether oxygens (including phenoxy) is 1. The van der Waals surface area contributed by atoms with Crippen LogP contribution in [0.4, 0.5) is 0 Å². The number of hydrogen-bond donors (Lipinski definition) is 0. The van der Waals surface area contributed by atoms with Crippen LogP contribution in [0, 0.1) is 0 Å². The van der Waals surface area contributed by atoms with E-state index in [0.717, 1.165) is 29.6 Å². The number of aldehydes is 1. The summed E-state index contributed by atoms with van der Waals surface area (Å²) in [5, 5.41) is 0.662. The van der Waals surface area contributed by atoms with Crippen molar-refractivity contribution in [2.24, 2.45) is 0 Å². The van der Waals surface area contributed by atoms with E-state index in [1.807, 2.05) is 19.9 Å². The van der Waals surface area contributed by atoms with Crippen molar-refractivity contribution >= 4 is 17.9 Å². The van der Waals surface area contributed by atoms with Crippen molar-refractivity contribution in [2.75, 3.05) is 0 Å². The molecule has 3 heteroatoms. The molecule has 0 aromatic heterocycles. The smallest absolute Gasteiger partial charge is 0.141 e. The van der Waals surface area contributed by atoms with Crippen LogP contribution in [0.3, 0.4) is 0 Å². The predicted octanol–water partition coefficient (Wildman–Crippen LogP) is 3.36. The molecule has 0 spiro atoms. The van der Waals surface area contributed by atoms with Crippen LogP contribution in [0.5, 0.6) is 5.75 Å². The second-order valence-electron chi connectivity index (χ2n) is 4.43. The highest BCUT2D eigenvalue weighted by Crippen LogP contribution is 2.38. The normalized spacial score (nSPS) is 20.1. The van der Waals surface area contributed by atoms with Crippen LogP contribution >= 0.6 is 11.6 Å². The summed E-state index contributed by atoms with van der Waals surface area (Å²) in [6.45, 7) is 4.07. The van der Waals surface area contributed by atoms with Crippen molar-refractivity contribution in [1.82, 2.24) is 0 Å². The molecule has 1 aliphatic rings. The molecule has 0 aliphatic carbocycles. The lowest BCUT2D eigenvalue weighted by molar-refractivity contribution is -0.108. The molecule has 0 saturated heterocycles. The molecule has 16 heavy (non-hydrogen) atoms. The molecule has 1 aliphatic heterocycles. The fourth-order valence-corrected chi connectivity index (χ4v) is 2.37. The van der Waals surface area contributed by atoms with Gasteiger partial charge in [-0.1, -0.05) is 24.6 Å². The van der Waals surface area contributed by atoms with Gasteiger partial charge in [0.1, 0.15) is 18.1 Å². The number of rotatable bonds is 3. The van der Waals surface area contributed by atoms with Gasteiger partial charge in [-0.25, -0.2) is 0 Å². The van der Waals surface area contributed by atoms with Crippen molar-refractivity contribution in [3.63, 3.8) is 0 Å². The molecule has 0 amide bonds. The first-order valence-corrected chi connectivity index (χ1v) is 5.92. The molecule has 0 fully saturated rings. The molecule has 2 unspecified atom stereocenters. The van der Waals surface area contributed by atoms with Gasteiger partial charge in [0.25, 0.3) is 0 Å². The molecule has 86 valence electrons. The Labute approximate surface area is 101 Å². The van der Waals surface area contributed by atoms with Gasteiger partial charge in [-0.3, -0.25) is 0 Å². The number of carbonyl (C=O) groups excluding carboxylic acids is 1. The Hall–Kier alpha value is -1.02. The van der Waals surface area contributed by atoms with Gasteiger partial charge in [-0.05, 0) is 30.0 Å². The van der Waals surface area contributed by atoms with E-state index in [-0.39, 0.29) is 12.0 Å². The highest BCUT2D eigenvalue weighted by molar-refractivity contribution is 6.32. The first-order chi connectivity index (χ1) is 7.61. The summed E-state index contributed by atoms with van der Waals surface area (Å²) in [6, 6.07) is 4.02. The Kier molecular flexibility index (Phi) is 3.20. The Morgan fingerprint density at radius 2 is 2.38 bits per heavy atom. The third-order valence-corrected chi connectivity index (χ3v) is 3.27. The van der Waals surface area contributed by atoms with Gasteiger partial charge in [0.2, 0.25) is 0 Å². The van der Waals surface area contributed by atoms with E-state index in [0.29, 0.717) is 11.4 Å². The Morgan fingerprint density at radius 3 is 3.06 bits per heavy atom. The van der Waals surface area contributed by atoms with Gasteiger partial charge in [0.15, 0.2) is 0 Å². The van der Waals surface area contributed by atoms with Crippen LogP contribution < -0.4 is 4.74 Å². The van der Waals surface area contributed by atoms with Gasteiger partial charge in [0, 0.05) is 12.8 Å². The number of halogens is 1. The van der Waals surface area contributed by atoms with E-state index < -0.39 is 0 Å². The second-order valence-corrected chi connectivity index (χ2v) is 4.83. The molecule has 1 heterocycles. The van der Waals surface area contributed by atoms with Crippen molar-refractivity contribution in [2.45, 2.75) is 38.7 Å². The van der Waals surface area contributed by atoms with Gasteiger partial charge < -0.3 is 9.53 Å². The average Bonchev–Trinajstić information content (AvgIpc) is 2.59. The van der Waals surface area contributed by atoms with E-state index >= 15 is 0 Å². The fraction of sp³-hybridized carbons (Fsp3) is 0.462. The molecular weight excluding hydrogens is 224 g/mol. The van der Waals surface area contributed by atoms with E-state index in [4.69, 9.17) is 16.3 Å². The highest BCUT2D eigenvalue weighted by Gasteiger charge is 2.23. The maximum atomic E-state index is 10.5. The zero-order valence-electron chi connectivity index (χ0n) is 9.50. The fourth-order valence-electron chi connectivity index (χ4n) is 2.07. The molecule has 0 saturated carbocycles. The lowest BCUT2D eigenvalue weighted by Crippen LogP contribution is -2.05. The molecule has 2 nitrogen and oxygen atoms in total. The van der Waals surface area contributed by atoms with E-state index in [2.05, 4.69) is 6.07 Å². The predicted molar refractivity (Wildman–Crippen MR) is 64.3 cm³/mol. The summed E-state index contributed by atoms with van der Waals surface area (Å²) < 4.78 is 5.63. The van der Waals surface area contributed by atoms with Gasteiger partial charge >= 0.3 is 0 Å². The van der Waals surface area contributed by atoms with Crippen LogP contribution in [0.25, 0.3) is 0 Å². The minimum Gasteiger partial charge on any atom is -0.489 e. The first kappa shape index (κ1) is 11.5. The van der Waals surface area contributed by atoms with Crippen molar-refractivity contribution in [1.29, 1.82) is 0 Å². The molecule has 0 radical (unpaired) electrons. The lowest BCUT2D eigenvalue weighted by Gasteiger charge is -2.11. The summed E-state index contributed by atoms with van der Waals surface area (Å²) in [6.07, 6.45) is 2.58. The number of hydrogen-bond acceptors (Lipinski definition) is 2. The van der Waals surface area contributed by atoms with Gasteiger partial charge in [-0.2, -0.15) is 0 Å². The Bertz CT molecular complexity index is 415. The molecule has 2 atom stereocenters. The topological polar surface area (TPSA) is 26.3 Å². The van der Waals surface area contributed by atoms with Crippen LogP contribution in [0.1, 0.15) is 37.3 Å². The molecule has 1 aromatic carbocycles. The molecular formula is C13H15ClO2. The zero-order valence-corrected chi connectivity index (χ0v) is 10.3. The highest BCUT2D eigenvalue weighted by atomic mass is 35.5. The molecule has 0 N–H and O–H groups in total. The lowest BCUT2D eigenvalue weighted by atomic mass is 9.95. The number of carbonyl (C=O) groups is 1. The minimum absolute atomic E-state index is 0.198. The number of benzene rings is 1. The largest absolute Gasteiger partial charge is 0.489 e. The van der Waals surface area contributed by atoms with Gasteiger partial charge in [-0.15, -0.1) is 0 Å². The van der Waals surface area contributed by atoms with Crippen molar-refractivity contribution < 1.29 is 9.53 Å². The standard InChI is InChI=1S/C13H15ClO2/c1-8(3-4-15)10-6-11-5-9(2)16-13(11)12(14)7-10/h4,6-9H,3,5H2,1-2H3. The van der Waals surface area contributed by atoms with E-state index in [1.165, 1.54) is 0 Å². The third-order valence-electron chi connectivity index (χ3n) is 2.99. The average molecular weight is 239 g/mol. The SMILES string of the molecule is CC1Cc2cc(C(C)CC=O)cc(Cl)c2O1. The van der Waals surface area contributed by atoms with Crippen LogP contribution in [0.15, 0.2) is 12.1 Å². The Balaban J connectivity index is 2.34. The van der Waals surface area contributed by atoms with Crippen LogP contribution in [-0.4, -0.2) is 12.4 Å². The van der Waals surface area contributed by atoms with E-state index in [1.54, 1.807) is 0 Å². The molecule has 0 bridgehead atoms. The summed E-state index contributed by atoms with van der Waals surface area (Å²) >= 11 is 6.17. The minimum atomic E-state index is 0.198. The van der Waals surface area contributed by atoms with Gasteiger partial charge in [0.05, 0.1) is 5.02 Å². The van der Waals surface area contributed by atoms with Crippen LogP contribution in [-0.2, 0) is 11.2 Å². The monoisotopic (exact) mass is 238 g/mol. The Morgan fingerprint density at radius 1 is 1.62 bits per heavy atom. The number of fused-ring (bicyclic) bond motifs is 1. The van der Waals surface area contributed by atoms with Crippen molar-refractivity contribution in [3.05, 3.63) is 28.3 Å². The van der Waals surface area contributed by atoms with Crippen LogP contribution in [0.2, 0.25) is 5.02 Å². The zero-order chi connectivity index (χ0) is 11.7. The summed E-state index contributed by atoms with van der Waals surface area (Å²) in [7, 11) is 0. The maximum absolute atomic E-state index is 10.5. The summed E-state index contributed by atoms with van der Waals surface area (Å²) in [5.74, 6) is 1.03.